The van der Waals surface area contributed by atoms with Gasteiger partial charge in [-0.3, -0.25) is 43.2 Å². The van der Waals surface area contributed by atoms with Gasteiger partial charge in [0, 0.05) is 43.2 Å². The summed E-state index contributed by atoms with van der Waals surface area (Å²) in [5, 5.41) is 22.7. The lowest BCUT2D eigenvalue weighted by Gasteiger charge is -2.44. The summed E-state index contributed by atoms with van der Waals surface area (Å²) >= 11 is 1.23. The minimum atomic E-state index is -1.54. The molecule has 6 N–H and O–H groups in total. The number of hydrogen-bond donors (Lipinski definition) is 6. The van der Waals surface area contributed by atoms with E-state index in [9.17, 15) is 53.1 Å². The predicted octanol–water partition coefficient (Wildman–Crippen LogP) is 3.52. The molecule has 2 unspecified atom stereocenters. The molecule has 22 heteroatoms. The summed E-state index contributed by atoms with van der Waals surface area (Å²) in [7, 11) is 0. The van der Waals surface area contributed by atoms with Crippen molar-refractivity contribution in [1.29, 1.82) is 0 Å². The van der Waals surface area contributed by atoms with E-state index in [1.807, 2.05) is 0 Å². The molecule has 4 aromatic carbocycles. The molecular weight excluding hydrogens is 993 g/mol. The average Bonchev–Trinajstić information content (AvgIpc) is 3.63. The number of fused-ring (bicyclic) bond motifs is 1. The molecule has 0 saturated carbocycles. The number of benzene rings is 4. The van der Waals surface area contributed by atoms with Gasteiger partial charge in [0.2, 0.25) is 23.6 Å². The largest absolute Gasteiger partial charge is 0.480 e. The molecule has 2 heterocycles. The molecule has 21 nitrogen and oxygen atoms in total. The smallest absolute Gasteiger partial charge is 0.327 e. The van der Waals surface area contributed by atoms with Crippen LogP contribution in [-0.4, -0.2) is 117 Å². The number of nitrogens with zero attached hydrogens (tertiary/aromatic N) is 1. The van der Waals surface area contributed by atoms with Crippen molar-refractivity contribution in [3.05, 3.63) is 125 Å². The third-order valence-electron chi connectivity index (χ3n) is 12.0. The highest BCUT2D eigenvalue weighted by Gasteiger charge is 2.64. The summed E-state index contributed by atoms with van der Waals surface area (Å²) in [4.78, 5) is 134. The van der Waals surface area contributed by atoms with Crippen molar-refractivity contribution in [2.75, 3.05) is 13.2 Å². The van der Waals surface area contributed by atoms with Crippen LogP contribution >= 0.6 is 11.8 Å². The van der Waals surface area contributed by atoms with Crippen LogP contribution in [0.25, 0.3) is 0 Å². The fraction of sp³-hybridized carbons (Fsp3) is 0.358. The molecule has 0 radical (unpaired) electrons. The molecule has 6 atom stereocenters. The number of carboxylic acids is 1. The van der Waals surface area contributed by atoms with E-state index in [2.05, 4.69) is 26.6 Å². The van der Waals surface area contributed by atoms with Crippen molar-refractivity contribution in [3.8, 4) is 17.2 Å². The van der Waals surface area contributed by atoms with Crippen LogP contribution < -0.4 is 40.8 Å². The number of hydrogen-bond acceptors (Lipinski definition) is 15. The Kier molecular flexibility index (Phi) is 18.9. The van der Waals surface area contributed by atoms with E-state index in [1.54, 1.807) is 81.4 Å². The monoisotopic (exact) mass is 1050 g/mol. The number of carbonyl (C=O) groups excluding carboxylic acids is 9. The third-order valence-corrected chi connectivity index (χ3v) is 13.5. The van der Waals surface area contributed by atoms with E-state index in [1.165, 1.54) is 60.0 Å². The van der Waals surface area contributed by atoms with Crippen LogP contribution in [0.1, 0.15) is 97.8 Å². The maximum Gasteiger partial charge on any atom is 0.327 e. The summed E-state index contributed by atoms with van der Waals surface area (Å²) in [5.41, 5.74) is 1.33. The van der Waals surface area contributed by atoms with E-state index < -0.39 is 106 Å². The Hall–Kier alpha value is -8.11. The standard InChI is InChI=1S/C53H58N6O15S/c1-7-34-35(21-14-24-39(34)72-29(2)60)46(64)55-37(23-16-26-54-45(63)36-22-15-25-40(73-30(3)61)43(36)74-31(4)62)47(65)56-38(28-71-27-32-17-10-8-11-18-32)48(66)57-41(33-19-12-9-13-20-33)49(67)58-42-50(68)59-44(52(69)70)53(5,6)75-51(42)59/h8-15,17-22,24-25,37-38,41-42,44,51H,7,16,23,26-28H2,1-6H3,(H,54,63)(H,55,64)(H,56,65)(H,57,66)(H,58,67)(H,69,70)/t37-,38+,41-,42-,44?,51?/m1/s1. The van der Waals surface area contributed by atoms with E-state index in [0.717, 1.165) is 19.4 Å². The lowest BCUT2D eigenvalue weighted by atomic mass is 9.95. The molecular formula is C53H58N6O15S. The second-order valence-corrected chi connectivity index (χ2v) is 19.7. The number of aliphatic carboxylic acids is 1. The molecule has 6 amide bonds. The van der Waals surface area contributed by atoms with Crippen LogP contribution in [-0.2, 0) is 56.1 Å². The van der Waals surface area contributed by atoms with Crippen molar-refractivity contribution in [2.24, 2.45) is 0 Å². The molecule has 0 bridgehead atoms. The van der Waals surface area contributed by atoms with E-state index >= 15 is 0 Å². The van der Waals surface area contributed by atoms with Gasteiger partial charge >= 0.3 is 23.9 Å². The number of β-lactam (4-membered cyclic amide) rings is 1. The van der Waals surface area contributed by atoms with Gasteiger partial charge in [-0.2, -0.15) is 0 Å². The molecule has 2 saturated heterocycles. The van der Waals surface area contributed by atoms with Gasteiger partial charge in [-0.05, 0) is 68.5 Å². The average molecular weight is 1050 g/mol. The Morgan fingerprint density at radius 1 is 0.693 bits per heavy atom. The number of thioether (sulfide) groups is 1. The van der Waals surface area contributed by atoms with Crippen LogP contribution in [0.5, 0.6) is 17.2 Å². The topological polar surface area (TPSA) is 291 Å². The fourth-order valence-corrected chi connectivity index (χ4v) is 10.2. The highest BCUT2D eigenvalue weighted by atomic mass is 32.2. The first kappa shape index (κ1) is 56.2. The van der Waals surface area contributed by atoms with Crippen molar-refractivity contribution in [1.82, 2.24) is 31.5 Å². The van der Waals surface area contributed by atoms with E-state index in [0.29, 0.717) is 11.1 Å². The highest BCUT2D eigenvalue weighted by molar-refractivity contribution is 8.01. The van der Waals surface area contributed by atoms with Gasteiger partial charge in [0.15, 0.2) is 11.5 Å². The number of amides is 6. The number of carboxylic acid groups (broad SMARTS) is 1. The molecule has 0 aliphatic carbocycles. The van der Waals surface area contributed by atoms with Crippen LogP contribution in [0.15, 0.2) is 97.1 Å². The quantitative estimate of drug-likeness (QED) is 0.0268. The first-order valence-electron chi connectivity index (χ1n) is 23.9. The van der Waals surface area contributed by atoms with Gasteiger partial charge < -0.3 is 55.5 Å². The summed E-state index contributed by atoms with van der Waals surface area (Å²) in [6.45, 7) is 8.00. The number of rotatable bonds is 23. The van der Waals surface area contributed by atoms with Gasteiger partial charge in [0.25, 0.3) is 11.8 Å². The zero-order chi connectivity index (χ0) is 54.6. The molecule has 6 rings (SSSR count). The van der Waals surface area contributed by atoms with Crippen molar-refractivity contribution in [2.45, 2.75) is 108 Å². The Labute approximate surface area is 436 Å². The minimum Gasteiger partial charge on any atom is -0.480 e. The van der Waals surface area contributed by atoms with Crippen molar-refractivity contribution in [3.63, 3.8) is 0 Å². The van der Waals surface area contributed by atoms with Gasteiger partial charge in [-0.15, -0.1) is 11.8 Å². The van der Waals surface area contributed by atoms with Crippen molar-refractivity contribution < 1.29 is 72.0 Å². The first-order valence-corrected chi connectivity index (χ1v) is 24.8. The first-order chi connectivity index (χ1) is 35.7. The molecule has 2 aliphatic heterocycles. The normalized spacial score (nSPS) is 17.3. The molecule has 2 aliphatic rings. The SMILES string of the molecule is CCc1c(OC(C)=O)cccc1C(=O)N[C@H](CCCNC(=O)c1cccc(OC(C)=O)c1OC(C)=O)C(=O)N[C@@H](COCc1ccccc1)C(=O)N[C@@H](C(=O)N[C@@H]1C(=O)N2C1SC(C)(C)C2C(=O)O)c1ccccc1. The third kappa shape index (κ3) is 14.1. The summed E-state index contributed by atoms with van der Waals surface area (Å²) in [6.07, 6.45) is 0.101. The van der Waals surface area contributed by atoms with Gasteiger partial charge in [0.05, 0.1) is 18.8 Å². The molecule has 75 heavy (non-hydrogen) atoms. The second-order valence-electron chi connectivity index (χ2n) is 18.0. The predicted molar refractivity (Wildman–Crippen MR) is 270 cm³/mol. The van der Waals surface area contributed by atoms with Gasteiger partial charge in [-0.25, -0.2) is 4.79 Å². The number of para-hydroxylation sites is 1. The maximum atomic E-state index is 14.6. The molecule has 0 aromatic heterocycles. The molecule has 396 valence electrons. The number of nitrogens with one attached hydrogen (secondary N) is 5. The zero-order valence-electron chi connectivity index (χ0n) is 42.0. The lowest BCUT2D eigenvalue weighted by molar-refractivity contribution is -0.161. The zero-order valence-corrected chi connectivity index (χ0v) is 42.8. The van der Waals surface area contributed by atoms with Crippen LogP contribution in [0.3, 0.4) is 0 Å². The number of carbonyl (C=O) groups is 10. The van der Waals surface area contributed by atoms with Crippen LogP contribution in [0.4, 0.5) is 0 Å². The summed E-state index contributed by atoms with van der Waals surface area (Å²) < 4.78 is 20.8. The van der Waals surface area contributed by atoms with E-state index in [4.69, 9.17) is 18.9 Å². The van der Waals surface area contributed by atoms with Gasteiger partial charge in [0.1, 0.15) is 41.3 Å². The molecule has 4 aromatic rings. The lowest BCUT2D eigenvalue weighted by Crippen LogP contribution is -2.71. The minimum absolute atomic E-state index is 0.00257. The van der Waals surface area contributed by atoms with Crippen molar-refractivity contribution >= 4 is 71.1 Å². The van der Waals surface area contributed by atoms with Crippen LogP contribution in [0, 0.1) is 0 Å². The van der Waals surface area contributed by atoms with Crippen LogP contribution in [0.2, 0.25) is 0 Å². The summed E-state index contributed by atoms with van der Waals surface area (Å²) in [6, 6.07) is 19.0. The van der Waals surface area contributed by atoms with E-state index in [-0.39, 0.29) is 60.8 Å². The number of esters is 3. The molecule has 0 spiro atoms. The Morgan fingerprint density at radius 2 is 1.29 bits per heavy atom. The maximum absolute atomic E-state index is 14.6. The second kappa shape index (κ2) is 25.2. The number of ether oxygens (including phenoxy) is 4. The Bertz CT molecular complexity index is 2830. The Balaban J connectivity index is 1.26. The fourth-order valence-electron chi connectivity index (χ4n) is 8.58. The molecule has 2 fully saturated rings. The van der Waals surface area contributed by atoms with Gasteiger partial charge in [-0.1, -0.05) is 79.7 Å². The Morgan fingerprint density at radius 3 is 1.92 bits per heavy atom. The summed E-state index contributed by atoms with van der Waals surface area (Å²) in [5.74, 6) is -8.35. The highest BCUT2D eigenvalue weighted by Crippen LogP contribution is 2.51.